The number of aromatic nitrogens is 1. The summed E-state index contributed by atoms with van der Waals surface area (Å²) in [5.41, 5.74) is 0. The number of hydrogen-bond donors (Lipinski definition) is 2. The smallest absolute Gasteiger partial charge is 0.243 e. The van der Waals surface area contributed by atoms with Gasteiger partial charge in [0.2, 0.25) is 11.8 Å². The molecule has 0 spiro atoms. The normalized spacial score (nSPS) is 20.4. The van der Waals surface area contributed by atoms with Crippen LogP contribution in [0.1, 0.15) is 25.1 Å². The fraction of sp³-hybridized carbons (Fsp3) is 0.583. The zero-order chi connectivity index (χ0) is 13.8. The molecule has 1 aliphatic heterocycles. The summed E-state index contributed by atoms with van der Waals surface area (Å²) in [7, 11) is 0. The second-order valence-electron chi connectivity index (χ2n) is 4.40. The summed E-state index contributed by atoms with van der Waals surface area (Å²) >= 11 is 1.56. The van der Waals surface area contributed by atoms with Gasteiger partial charge < -0.3 is 5.32 Å². The van der Waals surface area contributed by atoms with Crippen molar-refractivity contribution in [2.24, 2.45) is 0 Å². The zero-order valence-corrected chi connectivity index (χ0v) is 11.9. The van der Waals surface area contributed by atoms with Gasteiger partial charge in [0.15, 0.2) is 5.13 Å². The molecule has 1 atom stereocenters. The first-order valence-electron chi connectivity index (χ1n) is 6.40. The number of nitrogens with one attached hydrogen (secondary N) is 2. The molecular weight excluding hydrogens is 264 g/mol. The van der Waals surface area contributed by atoms with Gasteiger partial charge in [0.25, 0.3) is 0 Å². The lowest BCUT2D eigenvalue weighted by atomic mass is 10.1. The number of amides is 2. The predicted octanol–water partition coefficient (Wildman–Crippen LogP) is 0.812. The molecule has 6 nitrogen and oxygen atoms in total. The van der Waals surface area contributed by atoms with Crippen LogP contribution in [0.3, 0.4) is 0 Å². The molecule has 0 radical (unpaired) electrons. The van der Waals surface area contributed by atoms with E-state index in [2.05, 4.69) is 15.6 Å². The predicted molar refractivity (Wildman–Crippen MR) is 73.9 cm³/mol. The number of carbonyl (C=O) groups excluding carboxylic acids is 2. The van der Waals surface area contributed by atoms with Crippen molar-refractivity contribution < 1.29 is 9.59 Å². The van der Waals surface area contributed by atoms with Crippen LogP contribution in [0.5, 0.6) is 0 Å². The van der Waals surface area contributed by atoms with Gasteiger partial charge in [-0.1, -0.05) is 6.92 Å². The Morgan fingerprint density at radius 3 is 3.00 bits per heavy atom. The monoisotopic (exact) mass is 282 g/mol. The lowest BCUT2D eigenvalue weighted by molar-refractivity contribution is -0.140. The van der Waals surface area contributed by atoms with E-state index in [0.717, 1.165) is 16.6 Å². The van der Waals surface area contributed by atoms with Gasteiger partial charge in [-0.25, -0.2) is 4.98 Å². The third kappa shape index (κ3) is 3.30. The highest BCUT2D eigenvalue weighted by molar-refractivity contribution is 7.15. The molecule has 2 heterocycles. The van der Waals surface area contributed by atoms with Crippen molar-refractivity contribution in [3.05, 3.63) is 11.1 Å². The Hall–Kier alpha value is -1.47. The number of rotatable bonds is 5. The van der Waals surface area contributed by atoms with Crippen LogP contribution in [0.2, 0.25) is 0 Å². The number of thiazole rings is 1. The fourth-order valence-corrected chi connectivity index (χ4v) is 3.05. The highest BCUT2D eigenvalue weighted by Crippen LogP contribution is 2.21. The Morgan fingerprint density at radius 1 is 1.53 bits per heavy atom. The van der Waals surface area contributed by atoms with Crippen molar-refractivity contribution in [3.8, 4) is 0 Å². The highest BCUT2D eigenvalue weighted by Gasteiger charge is 2.32. The molecule has 0 aliphatic carbocycles. The average molecular weight is 282 g/mol. The van der Waals surface area contributed by atoms with E-state index in [9.17, 15) is 9.59 Å². The van der Waals surface area contributed by atoms with Gasteiger partial charge in [-0.2, -0.15) is 0 Å². The van der Waals surface area contributed by atoms with E-state index in [1.54, 1.807) is 17.5 Å². The van der Waals surface area contributed by atoms with Gasteiger partial charge in [-0.3, -0.25) is 19.8 Å². The van der Waals surface area contributed by atoms with Crippen LogP contribution in [-0.4, -0.2) is 40.8 Å². The van der Waals surface area contributed by atoms with Gasteiger partial charge in [-0.15, -0.1) is 11.3 Å². The Bertz CT molecular complexity index is 474. The van der Waals surface area contributed by atoms with E-state index in [1.807, 2.05) is 18.7 Å². The van der Waals surface area contributed by atoms with Gasteiger partial charge in [0.1, 0.15) is 0 Å². The van der Waals surface area contributed by atoms with Crippen LogP contribution in [-0.2, 0) is 16.1 Å². The first-order valence-corrected chi connectivity index (χ1v) is 7.22. The summed E-state index contributed by atoms with van der Waals surface area (Å²) in [6.45, 7) is 5.64. The van der Waals surface area contributed by atoms with Crippen LogP contribution in [0.25, 0.3) is 0 Å². The van der Waals surface area contributed by atoms with E-state index in [4.69, 9.17) is 0 Å². The number of piperazine rings is 1. The summed E-state index contributed by atoms with van der Waals surface area (Å²) < 4.78 is 0. The van der Waals surface area contributed by atoms with E-state index >= 15 is 0 Å². The number of imide groups is 1. The number of anilines is 1. The highest BCUT2D eigenvalue weighted by atomic mass is 32.1. The van der Waals surface area contributed by atoms with E-state index < -0.39 is 0 Å². The van der Waals surface area contributed by atoms with Crippen molar-refractivity contribution in [3.63, 3.8) is 0 Å². The van der Waals surface area contributed by atoms with Gasteiger partial charge in [0.05, 0.1) is 12.6 Å². The molecule has 0 saturated carbocycles. The molecule has 2 rings (SSSR count). The van der Waals surface area contributed by atoms with Gasteiger partial charge in [0, 0.05) is 24.2 Å². The van der Waals surface area contributed by atoms with Crippen molar-refractivity contribution >= 4 is 28.3 Å². The maximum absolute atomic E-state index is 11.7. The summed E-state index contributed by atoms with van der Waals surface area (Å²) in [5.74, 6) is -0.429. The van der Waals surface area contributed by atoms with E-state index in [0.29, 0.717) is 13.0 Å². The third-order valence-electron chi connectivity index (χ3n) is 2.98. The molecule has 1 aliphatic rings. The fourth-order valence-electron chi connectivity index (χ4n) is 2.14. The molecule has 19 heavy (non-hydrogen) atoms. The van der Waals surface area contributed by atoms with Crippen LogP contribution < -0.4 is 10.6 Å². The lowest BCUT2D eigenvalue weighted by Gasteiger charge is -2.32. The summed E-state index contributed by atoms with van der Waals surface area (Å²) in [6, 6.07) is -0.234. The molecule has 0 aromatic carbocycles. The second-order valence-corrected chi connectivity index (χ2v) is 5.52. The molecule has 1 saturated heterocycles. The van der Waals surface area contributed by atoms with Gasteiger partial charge >= 0.3 is 0 Å². The first kappa shape index (κ1) is 14.0. The molecule has 1 aromatic rings. The molecule has 7 heteroatoms. The Morgan fingerprint density at radius 2 is 2.32 bits per heavy atom. The molecule has 1 unspecified atom stereocenters. The quantitative estimate of drug-likeness (QED) is 0.782. The van der Waals surface area contributed by atoms with Crippen LogP contribution >= 0.6 is 11.3 Å². The Kier molecular flexibility index (Phi) is 4.49. The number of hydrogen-bond acceptors (Lipinski definition) is 6. The topological polar surface area (TPSA) is 74.3 Å². The third-order valence-corrected chi connectivity index (χ3v) is 3.92. The maximum Gasteiger partial charge on any atom is 0.243 e. The van der Waals surface area contributed by atoms with Crippen LogP contribution in [0, 0.1) is 0 Å². The maximum atomic E-state index is 11.7. The SMILES string of the molecule is CCNc1ncc(CN2CC(=O)NC(=O)C2CC)s1. The molecule has 104 valence electrons. The second kappa shape index (κ2) is 6.12. The van der Waals surface area contributed by atoms with Crippen molar-refractivity contribution in [1.29, 1.82) is 0 Å². The largest absolute Gasteiger partial charge is 0.362 e. The minimum Gasteiger partial charge on any atom is -0.362 e. The molecule has 0 bridgehead atoms. The van der Waals surface area contributed by atoms with Crippen molar-refractivity contribution in [1.82, 2.24) is 15.2 Å². The Labute approximate surface area is 116 Å². The summed E-state index contributed by atoms with van der Waals surface area (Å²) in [4.78, 5) is 30.4. The lowest BCUT2D eigenvalue weighted by Crippen LogP contribution is -2.57. The molecule has 1 fully saturated rings. The standard InChI is InChI=1S/C12H18N4O2S/c1-3-9-11(18)15-10(17)7-16(9)6-8-5-14-12(19-8)13-4-2/h5,9H,3-4,6-7H2,1-2H3,(H,13,14)(H,15,17,18). The van der Waals surface area contributed by atoms with Gasteiger partial charge in [-0.05, 0) is 13.3 Å². The average Bonchev–Trinajstić information content (AvgIpc) is 2.76. The Balaban J connectivity index is 2.06. The zero-order valence-electron chi connectivity index (χ0n) is 11.1. The van der Waals surface area contributed by atoms with Crippen LogP contribution in [0.15, 0.2) is 6.20 Å². The summed E-state index contributed by atoms with van der Waals surface area (Å²) in [5, 5.41) is 6.40. The van der Waals surface area contributed by atoms with Crippen LogP contribution in [0.4, 0.5) is 5.13 Å². The summed E-state index contributed by atoms with van der Waals surface area (Å²) in [6.07, 6.45) is 2.49. The minimum absolute atomic E-state index is 0.199. The molecular formula is C12H18N4O2S. The van der Waals surface area contributed by atoms with E-state index in [1.165, 1.54) is 0 Å². The first-order chi connectivity index (χ1) is 9.13. The van der Waals surface area contributed by atoms with E-state index in [-0.39, 0.29) is 24.4 Å². The van der Waals surface area contributed by atoms with Crippen molar-refractivity contribution in [2.75, 3.05) is 18.4 Å². The molecule has 1 aromatic heterocycles. The van der Waals surface area contributed by atoms with Crippen molar-refractivity contribution in [2.45, 2.75) is 32.9 Å². The minimum atomic E-state index is -0.234. The number of nitrogens with zero attached hydrogens (tertiary/aromatic N) is 2. The number of carbonyl (C=O) groups is 2. The molecule has 2 amide bonds. The molecule has 2 N–H and O–H groups in total.